The molecule has 1 amide bonds. The van der Waals surface area contributed by atoms with Gasteiger partial charge in [0.1, 0.15) is 0 Å². The molecule has 0 aliphatic carbocycles. The van der Waals surface area contributed by atoms with Crippen LogP contribution in [0.4, 0.5) is 5.69 Å². The fourth-order valence-corrected chi connectivity index (χ4v) is 1.77. The highest BCUT2D eigenvalue weighted by Crippen LogP contribution is 2.22. The minimum Gasteiger partial charge on any atom is -0.396 e. The van der Waals surface area contributed by atoms with Gasteiger partial charge in [-0.2, -0.15) is 0 Å². The Balaban J connectivity index is 2.19. The number of nitrogens with zero attached hydrogens (tertiary/aromatic N) is 1. The molecule has 1 atom stereocenters. The number of hydrogen-bond donors (Lipinski definition) is 2. The minimum absolute atomic E-state index is 0.0561. The third-order valence-corrected chi connectivity index (χ3v) is 2.85. The topological polar surface area (TPSA) is 52.6 Å². The Hall–Kier alpha value is -1.55. The van der Waals surface area contributed by atoms with E-state index < -0.39 is 0 Å². The molecular weight excluding hydrogens is 204 g/mol. The molecule has 2 N–H and O–H groups in total. The SMILES string of the molecule is CC(CO)c1cccc(N2CCC(=O)N2)c1. The van der Waals surface area contributed by atoms with Gasteiger partial charge < -0.3 is 5.11 Å². The first kappa shape index (κ1) is 11.0. The second kappa shape index (κ2) is 4.53. The average molecular weight is 220 g/mol. The Labute approximate surface area is 94.9 Å². The summed E-state index contributed by atoms with van der Waals surface area (Å²) < 4.78 is 0. The number of hydrogen-bond acceptors (Lipinski definition) is 3. The molecule has 0 aromatic heterocycles. The molecule has 0 bridgehead atoms. The molecule has 4 nitrogen and oxygen atoms in total. The Morgan fingerprint density at radius 3 is 3.00 bits per heavy atom. The first-order chi connectivity index (χ1) is 7.70. The highest BCUT2D eigenvalue weighted by atomic mass is 16.3. The van der Waals surface area contributed by atoms with Crippen LogP contribution in [0.25, 0.3) is 0 Å². The molecule has 1 heterocycles. The van der Waals surface area contributed by atoms with Crippen LogP contribution in [0.3, 0.4) is 0 Å². The van der Waals surface area contributed by atoms with Crippen molar-refractivity contribution in [1.29, 1.82) is 0 Å². The molecule has 1 fully saturated rings. The van der Waals surface area contributed by atoms with Crippen molar-refractivity contribution in [2.45, 2.75) is 19.3 Å². The average Bonchev–Trinajstić information content (AvgIpc) is 2.75. The van der Waals surface area contributed by atoms with Gasteiger partial charge in [0, 0.05) is 25.5 Å². The quantitative estimate of drug-likeness (QED) is 0.799. The van der Waals surface area contributed by atoms with E-state index in [1.165, 1.54) is 0 Å². The molecule has 1 aliphatic heterocycles. The molecule has 16 heavy (non-hydrogen) atoms. The summed E-state index contributed by atoms with van der Waals surface area (Å²) in [6, 6.07) is 7.90. The summed E-state index contributed by atoms with van der Waals surface area (Å²) in [4.78, 5) is 11.1. The summed E-state index contributed by atoms with van der Waals surface area (Å²) in [5.74, 6) is 0.180. The number of aliphatic hydroxyl groups excluding tert-OH is 1. The van der Waals surface area contributed by atoms with Crippen LogP contribution in [0.2, 0.25) is 0 Å². The van der Waals surface area contributed by atoms with E-state index in [-0.39, 0.29) is 18.4 Å². The van der Waals surface area contributed by atoms with Crippen molar-refractivity contribution in [3.63, 3.8) is 0 Å². The molecule has 2 rings (SSSR count). The smallest absolute Gasteiger partial charge is 0.240 e. The predicted octanol–water partition coefficient (Wildman–Crippen LogP) is 1.02. The standard InChI is InChI=1S/C12H16N2O2/c1-9(8-15)10-3-2-4-11(7-10)14-6-5-12(16)13-14/h2-4,7,9,15H,5-6,8H2,1H3,(H,13,16). The van der Waals surface area contributed by atoms with Crippen LogP contribution >= 0.6 is 0 Å². The van der Waals surface area contributed by atoms with Crippen LogP contribution < -0.4 is 10.4 Å². The van der Waals surface area contributed by atoms with E-state index in [9.17, 15) is 4.79 Å². The van der Waals surface area contributed by atoms with Crippen molar-refractivity contribution in [2.24, 2.45) is 0 Å². The summed E-state index contributed by atoms with van der Waals surface area (Å²) >= 11 is 0. The second-order valence-electron chi connectivity index (χ2n) is 4.12. The van der Waals surface area contributed by atoms with E-state index in [4.69, 9.17) is 5.11 Å². The van der Waals surface area contributed by atoms with Crippen LogP contribution in [0.5, 0.6) is 0 Å². The monoisotopic (exact) mass is 220 g/mol. The number of carbonyl (C=O) groups is 1. The Morgan fingerprint density at radius 2 is 2.38 bits per heavy atom. The van der Waals surface area contributed by atoms with Crippen molar-refractivity contribution >= 4 is 11.6 Å². The lowest BCUT2D eigenvalue weighted by molar-refractivity contribution is -0.119. The van der Waals surface area contributed by atoms with Gasteiger partial charge in [0.25, 0.3) is 0 Å². The van der Waals surface area contributed by atoms with Gasteiger partial charge >= 0.3 is 0 Å². The number of amides is 1. The molecule has 1 aliphatic rings. The Kier molecular flexibility index (Phi) is 3.10. The first-order valence-corrected chi connectivity index (χ1v) is 5.48. The second-order valence-corrected chi connectivity index (χ2v) is 4.12. The molecule has 1 aromatic carbocycles. The number of benzene rings is 1. The lowest BCUT2D eigenvalue weighted by Crippen LogP contribution is -2.32. The predicted molar refractivity (Wildman–Crippen MR) is 62.0 cm³/mol. The molecule has 0 radical (unpaired) electrons. The highest BCUT2D eigenvalue weighted by Gasteiger charge is 2.18. The third-order valence-electron chi connectivity index (χ3n) is 2.85. The molecule has 0 spiro atoms. The summed E-state index contributed by atoms with van der Waals surface area (Å²) in [7, 11) is 0. The zero-order valence-electron chi connectivity index (χ0n) is 9.31. The van der Waals surface area contributed by atoms with Crippen LogP contribution in [-0.2, 0) is 4.79 Å². The minimum atomic E-state index is 0.0561. The van der Waals surface area contributed by atoms with E-state index in [0.29, 0.717) is 13.0 Å². The normalized spacial score (nSPS) is 17.4. The van der Waals surface area contributed by atoms with Crippen molar-refractivity contribution in [3.05, 3.63) is 29.8 Å². The fourth-order valence-electron chi connectivity index (χ4n) is 1.77. The Bertz CT molecular complexity index is 392. The lowest BCUT2D eigenvalue weighted by atomic mass is 10.0. The summed E-state index contributed by atoms with van der Waals surface area (Å²) in [5.41, 5.74) is 4.85. The summed E-state index contributed by atoms with van der Waals surface area (Å²) in [5, 5.41) is 10.9. The maximum absolute atomic E-state index is 11.1. The van der Waals surface area contributed by atoms with Crippen LogP contribution in [0.15, 0.2) is 24.3 Å². The van der Waals surface area contributed by atoms with Gasteiger partial charge in [-0.15, -0.1) is 0 Å². The number of carbonyl (C=O) groups excluding carboxylic acids is 1. The number of hydrazine groups is 1. The van der Waals surface area contributed by atoms with Crippen molar-refractivity contribution in [2.75, 3.05) is 18.2 Å². The van der Waals surface area contributed by atoms with E-state index in [1.54, 1.807) is 0 Å². The van der Waals surface area contributed by atoms with Gasteiger partial charge in [-0.05, 0) is 17.7 Å². The van der Waals surface area contributed by atoms with Gasteiger partial charge in [0.05, 0.1) is 5.69 Å². The maximum atomic E-state index is 11.1. The van der Waals surface area contributed by atoms with Gasteiger partial charge in [-0.25, -0.2) is 0 Å². The van der Waals surface area contributed by atoms with Crippen LogP contribution in [-0.4, -0.2) is 24.2 Å². The van der Waals surface area contributed by atoms with Gasteiger partial charge in [0.15, 0.2) is 0 Å². The molecule has 1 aromatic rings. The Morgan fingerprint density at radius 1 is 1.56 bits per heavy atom. The fraction of sp³-hybridized carbons (Fsp3) is 0.417. The number of anilines is 1. The maximum Gasteiger partial charge on any atom is 0.240 e. The number of rotatable bonds is 3. The van der Waals surface area contributed by atoms with Gasteiger partial charge in [-0.1, -0.05) is 19.1 Å². The van der Waals surface area contributed by atoms with E-state index >= 15 is 0 Å². The molecule has 86 valence electrons. The molecule has 1 saturated heterocycles. The zero-order valence-corrected chi connectivity index (χ0v) is 9.31. The van der Waals surface area contributed by atoms with E-state index in [1.807, 2.05) is 36.2 Å². The number of nitrogens with one attached hydrogen (secondary N) is 1. The molecule has 4 heteroatoms. The van der Waals surface area contributed by atoms with Gasteiger partial charge in [0.2, 0.25) is 5.91 Å². The molecule has 1 unspecified atom stereocenters. The third kappa shape index (κ3) is 2.17. The van der Waals surface area contributed by atoms with Crippen LogP contribution in [0, 0.1) is 0 Å². The molecular formula is C12H16N2O2. The van der Waals surface area contributed by atoms with Crippen molar-refractivity contribution in [3.8, 4) is 0 Å². The van der Waals surface area contributed by atoms with Crippen molar-refractivity contribution < 1.29 is 9.90 Å². The molecule has 0 saturated carbocycles. The highest BCUT2D eigenvalue weighted by molar-refractivity contribution is 5.81. The summed E-state index contributed by atoms with van der Waals surface area (Å²) in [6.45, 7) is 2.81. The van der Waals surface area contributed by atoms with E-state index in [2.05, 4.69) is 5.43 Å². The van der Waals surface area contributed by atoms with Gasteiger partial charge in [-0.3, -0.25) is 15.2 Å². The zero-order chi connectivity index (χ0) is 11.5. The van der Waals surface area contributed by atoms with E-state index in [0.717, 1.165) is 11.3 Å². The number of aliphatic hydroxyl groups is 1. The van der Waals surface area contributed by atoms with Crippen molar-refractivity contribution in [1.82, 2.24) is 5.43 Å². The first-order valence-electron chi connectivity index (χ1n) is 5.48. The van der Waals surface area contributed by atoms with Crippen LogP contribution in [0.1, 0.15) is 24.8 Å². The lowest BCUT2D eigenvalue weighted by Gasteiger charge is -2.19. The largest absolute Gasteiger partial charge is 0.396 e. The summed E-state index contributed by atoms with van der Waals surface area (Å²) in [6.07, 6.45) is 0.541.